The van der Waals surface area contributed by atoms with Gasteiger partial charge in [0.25, 0.3) is 0 Å². The molecule has 1 unspecified atom stereocenters. The van der Waals surface area contributed by atoms with E-state index < -0.39 is 0 Å². The molecule has 1 atom stereocenters. The summed E-state index contributed by atoms with van der Waals surface area (Å²) < 4.78 is 6.73. The smallest absolute Gasteiger partial charge is 0.406 e. The average Bonchev–Trinajstić information content (AvgIpc) is 3.57. The van der Waals surface area contributed by atoms with Crippen molar-refractivity contribution in [3.8, 4) is 11.3 Å². The number of aromatic nitrogens is 2. The number of carbonyl (C=O) groups is 1. The highest BCUT2D eigenvalue weighted by Crippen LogP contribution is 2.40. The van der Waals surface area contributed by atoms with E-state index >= 15 is 0 Å². The fraction of sp³-hybridized carbons (Fsp3) is 0.524. The number of nitrogens with one attached hydrogen (secondary N) is 2. The Kier molecular flexibility index (Phi) is 4.91. The van der Waals surface area contributed by atoms with Crippen LogP contribution < -0.4 is 10.6 Å². The summed E-state index contributed by atoms with van der Waals surface area (Å²) in [5.41, 5.74) is 7.89. The molecule has 1 amide bonds. The summed E-state index contributed by atoms with van der Waals surface area (Å²) in [4.78, 5) is 11.2. The molecule has 1 fully saturated rings. The van der Waals surface area contributed by atoms with Gasteiger partial charge >= 0.3 is 6.09 Å². The van der Waals surface area contributed by atoms with Crippen molar-refractivity contribution < 1.29 is 9.53 Å². The van der Waals surface area contributed by atoms with Gasteiger partial charge in [0.15, 0.2) is 0 Å². The maximum atomic E-state index is 11.2. The standard InChI is InChI=1S/C21H28N4O2/c1-13-5-8-16(18-11-17(13)18)20-12-19(14(2)23-15-6-7-15)24-25(20)10-4-9-22-21(26)27-3/h5,8,12,14-15,23H,4,6-7,9-11H2,1-3H3,(H,22,26). The Bertz CT molecular complexity index is 854. The molecule has 0 saturated heterocycles. The topological polar surface area (TPSA) is 68.2 Å². The zero-order valence-electron chi connectivity index (χ0n) is 16.3. The van der Waals surface area contributed by atoms with Gasteiger partial charge < -0.3 is 15.4 Å². The summed E-state index contributed by atoms with van der Waals surface area (Å²) in [6.45, 7) is 5.70. The highest BCUT2D eigenvalue weighted by Gasteiger charge is 2.28. The van der Waals surface area contributed by atoms with E-state index in [9.17, 15) is 4.79 Å². The highest BCUT2D eigenvalue weighted by molar-refractivity contribution is 5.74. The van der Waals surface area contributed by atoms with Gasteiger partial charge in [0, 0.05) is 30.7 Å². The van der Waals surface area contributed by atoms with Crippen LogP contribution in [-0.2, 0) is 17.7 Å². The number of ether oxygens (including phenoxy) is 1. The third kappa shape index (κ3) is 4.00. The van der Waals surface area contributed by atoms with Crippen LogP contribution in [0.2, 0.25) is 0 Å². The largest absolute Gasteiger partial charge is 0.453 e. The first-order valence-corrected chi connectivity index (χ1v) is 9.84. The zero-order chi connectivity index (χ0) is 19.0. The summed E-state index contributed by atoms with van der Waals surface area (Å²) in [5.74, 6) is 0. The highest BCUT2D eigenvalue weighted by atomic mass is 16.5. The van der Waals surface area contributed by atoms with Crippen molar-refractivity contribution in [1.82, 2.24) is 20.4 Å². The van der Waals surface area contributed by atoms with Gasteiger partial charge in [0.2, 0.25) is 0 Å². The molecule has 1 saturated carbocycles. The lowest BCUT2D eigenvalue weighted by atomic mass is 10.1. The lowest BCUT2D eigenvalue weighted by molar-refractivity contribution is 0.170. The van der Waals surface area contributed by atoms with Crippen molar-refractivity contribution >= 4 is 6.09 Å². The van der Waals surface area contributed by atoms with E-state index in [2.05, 4.69) is 52.1 Å². The molecule has 0 aliphatic heterocycles. The molecule has 0 spiro atoms. The molecule has 2 aliphatic rings. The number of hydrogen-bond acceptors (Lipinski definition) is 4. The lowest BCUT2D eigenvalue weighted by Crippen LogP contribution is -2.25. The number of aryl methyl sites for hydroxylation is 2. The molecule has 144 valence electrons. The first-order chi connectivity index (χ1) is 13.1. The quantitative estimate of drug-likeness (QED) is 0.599. The third-order valence-corrected chi connectivity index (χ3v) is 5.48. The fourth-order valence-electron chi connectivity index (χ4n) is 3.63. The molecule has 0 radical (unpaired) electrons. The number of benzene rings is 1. The molecular weight excluding hydrogens is 340 g/mol. The molecule has 2 N–H and O–H groups in total. The number of methoxy groups -OCH3 is 1. The fourth-order valence-corrected chi connectivity index (χ4v) is 3.63. The molecule has 1 heterocycles. The molecule has 27 heavy (non-hydrogen) atoms. The number of hydrogen-bond donors (Lipinski definition) is 2. The van der Waals surface area contributed by atoms with Gasteiger partial charge in [-0.1, -0.05) is 12.1 Å². The van der Waals surface area contributed by atoms with Crippen LogP contribution in [0.4, 0.5) is 4.79 Å². The van der Waals surface area contributed by atoms with Crippen LogP contribution in [0, 0.1) is 6.92 Å². The van der Waals surface area contributed by atoms with Crippen LogP contribution in [0.15, 0.2) is 18.2 Å². The Morgan fingerprint density at radius 2 is 2.19 bits per heavy atom. The third-order valence-electron chi connectivity index (χ3n) is 5.48. The van der Waals surface area contributed by atoms with Crippen LogP contribution in [0.5, 0.6) is 0 Å². The first kappa shape index (κ1) is 18.0. The second-order valence-corrected chi connectivity index (χ2v) is 7.68. The minimum absolute atomic E-state index is 0.250. The van der Waals surface area contributed by atoms with Gasteiger partial charge in [-0.2, -0.15) is 5.10 Å². The first-order valence-electron chi connectivity index (χ1n) is 9.84. The molecule has 0 bridgehead atoms. The van der Waals surface area contributed by atoms with E-state index in [0.29, 0.717) is 12.6 Å². The summed E-state index contributed by atoms with van der Waals surface area (Å²) in [5, 5.41) is 11.3. The van der Waals surface area contributed by atoms with E-state index in [4.69, 9.17) is 5.10 Å². The summed E-state index contributed by atoms with van der Waals surface area (Å²) in [6.07, 6.45) is 4.04. The molecule has 2 aromatic rings. The number of amides is 1. The van der Waals surface area contributed by atoms with Crippen molar-refractivity contribution in [2.75, 3.05) is 13.7 Å². The van der Waals surface area contributed by atoms with Gasteiger partial charge in [-0.05, 0) is 62.3 Å². The maximum Gasteiger partial charge on any atom is 0.406 e. The van der Waals surface area contributed by atoms with E-state index in [0.717, 1.165) is 25.1 Å². The molecule has 6 nitrogen and oxygen atoms in total. The van der Waals surface area contributed by atoms with Crippen molar-refractivity contribution in [2.24, 2.45) is 0 Å². The van der Waals surface area contributed by atoms with Gasteiger partial charge in [-0.3, -0.25) is 4.68 Å². The van der Waals surface area contributed by atoms with E-state index in [-0.39, 0.29) is 12.1 Å². The number of nitrogens with zero attached hydrogens (tertiary/aromatic N) is 2. The van der Waals surface area contributed by atoms with Crippen molar-refractivity contribution in [3.63, 3.8) is 0 Å². The second-order valence-electron chi connectivity index (χ2n) is 7.68. The van der Waals surface area contributed by atoms with Crippen LogP contribution in [0.3, 0.4) is 0 Å². The Morgan fingerprint density at radius 3 is 2.93 bits per heavy atom. The summed E-state index contributed by atoms with van der Waals surface area (Å²) in [7, 11) is 1.38. The average molecular weight is 368 g/mol. The van der Waals surface area contributed by atoms with Gasteiger partial charge in [0.1, 0.15) is 0 Å². The maximum absolute atomic E-state index is 11.2. The number of rotatable bonds is 8. The predicted molar refractivity (Wildman–Crippen MR) is 105 cm³/mol. The monoisotopic (exact) mass is 368 g/mol. The van der Waals surface area contributed by atoms with Gasteiger partial charge in [-0.15, -0.1) is 0 Å². The molecule has 2 aliphatic carbocycles. The van der Waals surface area contributed by atoms with Crippen LogP contribution in [0.1, 0.15) is 54.6 Å². The summed E-state index contributed by atoms with van der Waals surface area (Å²) >= 11 is 0. The Hall–Kier alpha value is -2.34. The predicted octanol–water partition coefficient (Wildman–Crippen LogP) is 3.32. The Morgan fingerprint density at radius 1 is 1.37 bits per heavy atom. The van der Waals surface area contributed by atoms with Gasteiger partial charge in [0.05, 0.1) is 18.5 Å². The van der Waals surface area contributed by atoms with E-state index in [1.807, 2.05) is 0 Å². The Labute approximate surface area is 160 Å². The molecule has 1 aromatic carbocycles. The zero-order valence-corrected chi connectivity index (χ0v) is 16.3. The Balaban J connectivity index is 1.53. The molecule has 1 aromatic heterocycles. The normalized spacial score (nSPS) is 16.0. The molecular formula is C21H28N4O2. The van der Waals surface area contributed by atoms with E-state index in [1.165, 1.54) is 47.9 Å². The van der Waals surface area contributed by atoms with Crippen LogP contribution >= 0.6 is 0 Å². The minimum Gasteiger partial charge on any atom is -0.453 e. The number of carbonyl (C=O) groups excluding carboxylic acids is 1. The van der Waals surface area contributed by atoms with E-state index in [1.54, 1.807) is 0 Å². The van der Waals surface area contributed by atoms with Crippen molar-refractivity contribution in [2.45, 2.75) is 58.2 Å². The number of alkyl carbamates (subject to hydrolysis) is 1. The molecule has 6 heteroatoms. The number of fused-ring (bicyclic) bond motifs is 1. The van der Waals surface area contributed by atoms with Crippen molar-refractivity contribution in [1.29, 1.82) is 0 Å². The second kappa shape index (κ2) is 7.35. The summed E-state index contributed by atoms with van der Waals surface area (Å²) in [6, 6.07) is 7.57. The minimum atomic E-state index is -0.387. The van der Waals surface area contributed by atoms with Crippen LogP contribution in [-0.4, -0.2) is 35.6 Å². The lowest BCUT2D eigenvalue weighted by Gasteiger charge is -2.10. The molecule has 4 rings (SSSR count). The van der Waals surface area contributed by atoms with Crippen molar-refractivity contribution in [3.05, 3.63) is 40.6 Å². The SMILES string of the molecule is COC(=O)NCCCn1nc(C(C)NC2CC2)cc1-c1ccc(C)c2c1C2. The van der Waals surface area contributed by atoms with Crippen LogP contribution in [0.25, 0.3) is 11.3 Å². The van der Waals surface area contributed by atoms with Gasteiger partial charge in [-0.25, -0.2) is 4.79 Å².